The number of amides is 1. The molecule has 1 aliphatic rings. The van der Waals surface area contributed by atoms with Gasteiger partial charge in [0.2, 0.25) is 0 Å². The Morgan fingerprint density at radius 1 is 1.00 bits per heavy atom. The van der Waals surface area contributed by atoms with Crippen LogP contribution in [0, 0.1) is 0 Å². The van der Waals surface area contributed by atoms with Crippen molar-refractivity contribution in [3.8, 4) is 23.0 Å². The summed E-state index contributed by atoms with van der Waals surface area (Å²) in [7, 11) is 6.27. The van der Waals surface area contributed by atoms with E-state index >= 15 is 0 Å². The van der Waals surface area contributed by atoms with Crippen LogP contribution in [0.5, 0.6) is 23.0 Å². The van der Waals surface area contributed by atoms with Crippen LogP contribution in [-0.2, 0) is 0 Å². The molecule has 0 spiro atoms. The van der Waals surface area contributed by atoms with E-state index in [-0.39, 0.29) is 11.9 Å². The van der Waals surface area contributed by atoms with Gasteiger partial charge in [-0.1, -0.05) is 11.6 Å². The summed E-state index contributed by atoms with van der Waals surface area (Å²) in [4.78, 5) is 15.1. The maximum absolute atomic E-state index is 13.3. The highest BCUT2D eigenvalue weighted by atomic mass is 35.5. The lowest BCUT2D eigenvalue weighted by molar-refractivity contribution is 0.0733. The molecule has 1 fully saturated rings. The molecule has 1 saturated heterocycles. The van der Waals surface area contributed by atoms with Crippen molar-refractivity contribution >= 4 is 17.5 Å². The molecule has 1 atom stereocenters. The third kappa shape index (κ3) is 3.69. The molecule has 6 nitrogen and oxygen atoms in total. The summed E-state index contributed by atoms with van der Waals surface area (Å²) >= 11 is 6.29. The molecule has 0 saturated carbocycles. The van der Waals surface area contributed by atoms with Crippen LogP contribution < -0.4 is 18.9 Å². The van der Waals surface area contributed by atoms with Crippen LogP contribution in [0.3, 0.4) is 0 Å². The van der Waals surface area contributed by atoms with Crippen LogP contribution in [0.4, 0.5) is 0 Å². The predicted octanol–water partition coefficient (Wildman–Crippen LogP) is 4.35. The number of rotatable bonds is 6. The Labute approximate surface area is 169 Å². The third-order valence-corrected chi connectivity index (χ3v) is 5.27. The van der Waals surface area contributed by atoms with Crippen molar-refractivity contribution in [2.45, 2.75) is 18.9 Å². The van der Waals surface area contributed by atoms with Crippen molar-refractivity contribution in [2.75, 3.05) is 35.0 Å². The molecular weight excluding hydrogens is 382 g/mol. The Bertz CT molecular complexity index is 870. The summed E-state index contributed by atoms with van der Waals surface area (Å²) in [6, 6.07) is 8.80. The number of hydrogen-bond acceptors (Lipinski definition) is 5. The number of carbonyl (C=O) groups is 1. The van der Waals surface area contributed by atoms with Crippen LogP contribution in [0.2, 0.25) is 5.02 Å². The van der Waals surface area contributed by atoms with E-state index in [9.17, 15) is 4.79 Å². The fourth-order valence-electron chi connectivity index (χ4n) is 3.64. The molecule has 2 aromatic rings. The van der Waals surface area contributed by atoms with Crippen molar-refractivity contribution in [1.82, 2.24) is 4.90 Å². The van der Waals surface area contributed by atoms with E-state index in [1.807, 2.05) is 23.1 Å². The number of halogens is 1. The lowest BCUT2D eigenvalue weighted by Gasteiger charge is -2.27. The summed E-state index contributed by atoms with van der Waals surface area (Å²) in [6.07, 6.45) is 1.74. The van der Waals surface area contributed by atoms with Gasteiger partial charge in [0, 0.05) is 17.7 Å². The fourth-order valence-corrected chi connectivity index (χ4v) is 3.93. The second-order valence-electron chi connectivity index (χ2n) is 6.46. The highest BCUT2D eigenvalue weighted by Gasteiger charge is 2.33. The standard InChI is InChI=1S/C21H24ClNO5/c1-25-14-7-8-18(26-2)15(12-14)17-6-5-9-23(17)21(24)13-10-16(22)20(28-4)19(11-13)27-3/h7-8,10-12,17H,5-6,9H2,1-4H3. The minimum atomic E-state index is -0.116. The second kappa shape index (κ2) is 8.61. The molecule has 0 bridgehead atoms. The van der Waals surface area contributed by atoms with Gasteiger partial charge < -0.3 is 23.8 Å². The molecule has 0 radical (unpaired) electrons. The number of benzene rings is 2. The minimum absolute atomic E-state index is 0.107. The van der Waals surface area contributed by atoms with E-state index in [0.717, 1.165) is 29.9 Å². The fraction of sp³-hybridized carbons (Fsp3) is 0.381. The van der Waals surface area contributed by atoms with Crippen LogP contribution in [0.1, 0.15) is 34.8 Å². The molecule has 1 amide bonds. The predicted molar refractivity (Wildman–Crippen MR) is 107 cm³/mol. The molecular formula is C21H24ClNO5. The summed E-state index contributed by atoms with van der Waals surface area (Å²) < 4.78 is 21.5. The van der Waals surface area contributed by atoms with Gasteiger partial charge in [0.1, 0.15) is 11.5 Å². The quantitative estimate of drug-likeness (QED) is 0.715. The van der Waals surface area contributed by atoms with Gasteiger partial charge in [0.15, 0.2) is 11.5 Å². The number of nitrogens with zero attached hydrogens (tertiary/aromatic N) is 1. The lowest BCUT2D eigenvalue weighted by Crippen LogP contribution is -2.30. The summed E-state index contributed by atoms with van der Waals surface area (Å²) in [6.45, 7) is 0.649. The zero-order valence-electron chi connectivity index (χ0n) is 16.5. The Kier molecular flexibility index (Phi) is 6.19. The van der Waals surface area contributed by atoms with Gasteiger partial charge in [-0.05, 0) is 43.2 Å². The van der Waals surface area contributed by atoms with Gasteiger partial charge in [0.05, 0.1) is 39.5 Å². The molecule has 1 unspecified atom stereocenters. The Balaban J connectivity index is 1.98. The normalized spacial score (nSPS) is 16.0. The van der Waals surface area contributed by atoms with Gasteiger partial charge in [0.25, 0.3) is 5.91 Å². The van der Waals surface area contributed by atoms with Crippen molar-refractivity contribution in [1.29, 1.82) is 0 Å². The van der Waals surface area contributed by atoms with Gasteiger partial charge >= 0.3 is 0 Å². The second-order valence-corrected chi connectivity index (χ2v) is 6.87. The smallest absolute Gasteiger partial charge is 0.254 e. The van der Waals surface area contributed by atoms with E-state index in [2.05, 4.69) is 0 Å². The summed E-state index contributed by atoms with van der Waals surface area (Å²) in [5, 5.41) is 0.333. The Hall–Kier alpha value is -2.60. The summed E-state index contributed by atoms with van der Waals surface area (Å²) in [5.74, 6) is 2.18. The number of likely N-dealkylation sites (tertiary alicyclic amines) is 1. The van der Waals surface area contributed by atoms with Crippen molar-refractivity contribution in [3.05, 3.63) is 46.5 Å². The average molecular weight is 406 g/mol. The molecule has 0 aliphatic carbocycles. The molecule has 1 heterocycles. The van der Waals surface area contributed by atoms with E-state index in [0.29, 0.717) is 28.6 Å². The maximum atomic E-state index is 13.3. The van der Waals surface area contributed by atoms with E-state index in [1.165, 1.54) is 14.2 Å². The van der Waals surface area contributed by atoms with Crippen LogP contribution in [0.25, 0.3) is 0 Å². The highest BCUT2D eigenvalue weighted by molar-refractivity contribution is 6.32. The number of methoxy groups -OCH3 is 4. The topological polar surface area (TPSA) is 57.2 Å². The summed E-state index contributed by atoms with van der Waals surface area (Å²) in [5.41, 5.74) is 1.38. The van der Waals surface area contributed by atoms with Gasteiger partial charge in [-0.15, -0.1) is 0 Å². The minimum Gasteiger partial charge on any atom is -0.497 e. The zero-order chi connectivity index (χ0) is 20.3. The molecule has 28 heavy (non-hydrogen) atoms. The largest absolute Gasteiger partial charge is 0.497 e. The molecule has 150 valence electrons. The first-order valence-corrected chi connectivity index (χ1v) is 9.36. The van der Waals surface area contributed by atoms with Crippen LogP contribution >= 0.6 is 11.6 Å². The molecule has 0 N–H and O–H groups in total. The van der Waals surface area contributed by atoms with E-state index < -0.39 is 0 Å². The molecule has 0 aromatic heterocycles. The third-order valence-electron chi connectivity index (χ3n) is 4.99. The average Bonchev–Trinajstić information content (AvgIpc) is 3.21. The first-order valence-electron chi connectivity index (χ1n) is 8.98. The number of hydrogen-bond donors (Lipinski definition) is 0. The number of ether oxygens (including phenoxy) is 4. The van der Waals surface area contributed by atoms with E-state index in [4.69, 9.17) is 30.5 Å². The van der Waals surface area contributed by atoms with Gasteiger partial charge in [-0.25, -0.2) is 0 Å². The SMILES string of the molecule is COc1ccc(OC)c(C2CCCN2C(=O)c2cc(Cl)c(OC)c(OC)c2)c1. The monoisotopic (exact) mass is 405 g/mol. The first kappa shape index (κ1) is 20.1. The van der Waals surface area contributed by atoms with Crippen molar-refractivity contribution < 1.29 is 23.7 Å². The molecule has 7 heteroatoms. The zero-order valence-corrected chi connectivity index (χ0v) is 17.2. The first-order chi connectivity index (χ1) is 13.5. The highest BCUT2D eigenvalue weighted by Crippen LogP contribution is 2.41. The lowest BCUT2D eigenvalue weighted by atomic mass is 10.0. The molecule has 2 aromatic carbocycles. The Morgan fingerprint density at radius 3 is 2.39 bits per heavy atom. The molecule has 1 aliphatic heterocycles. The van der Waals surface area contributed by atoms with Crippen molar-refractivity contribution in [3.63, 3.8) is 0 Å². The van der Waals surface area contributed by atoms with Gasteiger partial charge in [-0.2, -0.15) is 0 Å². The van der Waals surface area contributed by atoms with Crippen molar-refractivity contribution in [2.24, 2.45) is 0 Å². The van der Waals surface area contributed by atoms with Gasteiger partial charge in [-0.3, -0.25) is 4.79 Å². The Morgan fingerprint density at radius 2 is 1.75 bits per heavy atom. The van der Waals surface area contributed by atoms with E-state index in [1.54, 1.807) is 26.4 Å². The van der Waals surface area contributed by atoms with Crippen LogP contribution in [0.15, 0.2) is 30.3 Å². The maximum Gasteiger partial charge on any atom is 0.254 e. The molecule has 3 rings (SSSR count). The van der Waals surface area contributed by atoms with Crippen LogP contribution in [-0.4, -0.2) is 45.8 Å². The number of carbonyl (C=O) groups excluding carboxylic acids is 1.